The Morgan fingerprint density at radius 1 is 1.16 bits per heavy atom. The van der Waals surface area contributed by atoms with Crippen LogP contribution in [0.4, 0.5) is 0 Å². The summed E-state index contributed by atoms with van der Waals surface area (Å²) in [6.07, 6.45) is 0. The Morgan fingerprint density at radius 2 is 1.74 bits per heavy atom. The van der Waals surface area contributed by atoms with Gasteiger partial charge >= 0.3 is 0 Å². The summed E-state index contributed by atoms with van der Waals surface area (Å²) in [5.74, 6) is -0.389. The Kier molecular flexibility index (Phi) is 5.46. The van der Waals surface area contributed by atoms with Crippen LogP contribution in [-0.4, -0.2) is 27.4 Å². The Morgan fingerprint density at radius 3 is 2.21 bits per heavy atom. The molecule has 0 bridgehead atoms. The van der Waals surface area contributed by atoms with Crippen molar-refractivity contribution in [3.05, 3.63) is 35.9 Å². The van der Waals surface area contributed by atoms with Gasteiger partial charge in [0.05, 0.1) is 0 Å². The van der Waals surface area contributed by atoms with E-state index in [9.17, 15) is 13.2 Å². The van der Waals surface area contributed by atoms with Crippen LogP contribution >= 0.6 is 0 Å². The van der Waals surface area contributed by atoms with E-state index in [4.69, 9.17) is 0 Å². The molecule has 3 N–H and O–H groups in total. The second-order valence-electron chi connectivity index (χ2n) is 4.33. The summed E-state index contributed by atoms with van der Waals surface area (Å²) in [6, 6.07) is 7.66. The normalized spacial score (nSPS) is 13.3. The zero-order chi connectivity index (χ0) is 14.5. The van der Waals surface area contributed by atoms with Crippen LogP contribution in [0.5, 0.6) is 0 Å². The molecule has 0 aromatic heterocycles. The number of benzene rings is 1. The summed E-state index contributed by atoms with van der Waals surface area (Å²) in [7, 11) is -2.43. The average Bonchev–Trinajstić information content (AvgIpc) is 2.36. The molecule has 1 atom stereocenters. The molecule has 19 heavy (non-hydrogen) atoms. The Bertz CT molecular complexity index is 514. The first-order valence-corrected chi connectivity index (χ1v) is 7.40. The molecule has 6 nitrogen and oxygen atoms in total. The fourth-order valence-corrected chi connectivity index (χ4v) is 2.17. The summed E-state index contributed by atoms with van der Waals surface area (Å²) >= 11 is 0. The first-order valence-electron chi connectivity index (χ1n) is 5.92. The Balaban J connectivity index is 3.02. The second-order valence-corrected chi connectivity index (χ2v) is 5.98. The van der Waals surface area contributed by atoms with Crippen molar-refractivity contribution in [2.45, 2.75) is 25.9 Å². The second kappa shape index (κ2) is 6.65. The largest absolute Gasteiger partial charge is 0.352 e. The van der Waals surface area contributed by atoms with Crippen LogP contribution < -0.4 is 14.8 Å². The molecule has 1 rings (SSSR count). The highest BCUT2D eigenvalue weighted by molar-refractivity contribution is 7.87. The number of nitrogens with one attached hydrogen (secondary N) is 3. The quantitative estimate of drug-likeness (QED) is 0.703. The molecule has 0 heterocycles. The lowest BCUT2D eigenvalue weighted by Crippen LogP contribution is -2.45. The van der Waals surface area contributed by atoms with Gasteiger partial charge in [0.1, 0.15) is 6.04 Å². The van der Waals surface area contributed by atoms with Gasteiger partial charge in [-0.25, -0.2) is 4.72 Å². The van der Waals surface area contributed by atoms with Gasteiger partial charge in [0.15, 0.2) is 0 Å². The van der Waals surface area contributed by atoms with Crippen molar-refractivity contribution in [3.8, 4) is 0 Å². The van der Waals surface area contributed by atoms with E-state index in [1.54, 1.807) is 30.3 Å². The Labute approximate surface area is 113 Å². The molecule has 0 spiro atoms. The summed E-state index contributed by atoms with van der Waals surface area (Å²) in [5, 5.41) is 2.69. The molecule has 1 unspecified atom stereocenters. The van der Waals surface area contributed by atoms with Crippen LogP contribution in [-0.2, 0) is 15.0 Å². The third-order valence-corrected chi connectivity index (χ3v) is 3.45. The van der Waals surface area contributed by atoms with Gasteiger partial charge in [-0.05, 0) is 19.4 Å². The van der Waals surface area contributed by atoms with E-state index in [1.807, 2.05) is 13.8 Å². The van der Waals surface area contributed by atoms with Crippen molar-refractivity contribution in [1.29, 1.82) is 0 Å². The SMILES string of the molecule is CNS(=O)(=O)NC(C(=O)NC(C)C)c1ccccc1. The Hall–Kier alpha value is -1.44. The third kappa shape index (κ3) is 4.98. The lowest BCUT2D eigenvalue weighted by Gasteiger charge is -2.19. The van der Waals surface area contributed by atoms with Gasteiger partial charge < -0.3 is 5.32 Å². The monoisotopic (exact) mass is 285 g/mol. The van der Waals surface area contributed by atoms with E-state index < -0.39 is 16.3 Å². The highest BCUT2D eigenvalue weighted by Gasteiger charge is 2.25. The topological polar surface area (TPSA) is 87.3 Å². The predicted molar refractivity (Wildman–Crippen MR) is 73.6 cm³/mol. The lowest BCUT2D eigenvalue weighted by molar-refractivity contribution is -0.123. The molecule has 0 aliphatic heterocycles. The van der Waals surface area contributed by atoms with Crippen molar-refractivity contribution in [2.75, 3.05) is 7.05 Å². The van der Waals surface area contributed by atoms with E-state index >= 15 is 0 Å². The van der Waals surface area contributed by atoms with Gasteiger partial charge in [-0.2, -0.15) is 13.1 Å². The fourth-order valence-electron chi connectivity index (χ4n) is 1.50. The van der Waals surface area contributed by atoms with Gasteiger partial charge in [0.2, 0.25) is 5.91 Å². The van der Waals surface area contributed by atoms with Crippen LogP contribution in [0.1, 0.15) is 25.5 Å². The summed E-state index contributed by atoms with van der Waals surface area (Å²) in [6.45, 7) is 3.62. The molecule has 106 valence electrons. The summed E-state index contributed by atoms with van der Waals surface area (Å²) < 4.78 is 27.6. The minimum Gasteiger partial charge on any atom is -0.352 e. The zero-order valence-electron chi connectivity index (χ0n) is 11.2. The number of amides is 1. The highest BCUT2D eigenvalue weighted by atomic mass is 32.2. The lowest BCUT2D eigenvalue weighted by atomic mass is 10.1. The first kappa shape index (κ1) is 15.6. The number of hydrogen-bond donors (Lipinski definition) is 3. The molecule has 0 saturated carbocycles. The molecule has 7 heteroatoms. The molecule has 1 aromatic carbocycles. The molecule has 1 amide bonds. The molecule has 0 aliphatic carbocycles. The van der Waals surface area contributed by atoms with Gasteiger partial charge in [0.25, 0.3) is 10.2 Å². The summed E-state index contributed by atoms with van der Waals surface area (Å²) in [5.41, 5.74) is 0.583. The maximum Gasteiger partial charge on any atom is 0.277 e. The standard InChI is InChI=1S/C12H19N3O3S/c1-9(2)14-12(16)11(15-19(17,18)13-3)10-7-5-4-6-8-10/h4-9,11,13,15H,1-3H3,(H,14,16). The van der Waals surface area contributed by atoms with Gasteiger partial charge in [-0.1, -0.05) is 30.3 Å². The van der Waals surface area contributed by atoms with Crippen LogP contribution in [0.2, 0.25) is 0 Å². The zero-order valence-corrected chi connectivity index (χ0v) is 12.0. The maximum absolute atomic E-state index is 12.1. The fraction of sp³-hybridized carbons (Fsp3) is 0.417. The van der Waals surface area contributed by atoms with Crippen LogP contribution in [0.3, 0.4) is 0 Å². The average molecular weight is 285 g/mol. The molecule has 0 saturated heterocycles. The maximum atomic E-state index is 12.1. The van der Waals surface area contributed by atoms with Crippen LogP contribution in [0.15, 0.2) is 30.3 Å². The van der Waals surface area contributed by atoms with Crippen molar-refractivity contribution in [2.24, 2.45) is 0 Å². The van der Waals surface area contributed by atoms with E-state index in [0.717, 1.165) is 0 Å². The number of carbonyl (C=O) groups is 1. The van der Waals surface area contributed by atoms with Crippen molar-refractivity contribution in [1.82, 2.24) is 14.8 Å². The predicted octanol–water partition coefficient (Wildman–Crippen LogP) is 0.306. The first-order chi connectivity index (χ1) is 8.85. The van der Waals surface area contributed by atoms with Crippen molar-refractivity contribution < 1.29 is 13.2 Å². The van der Waals surface area contributed by atoms with E-state index in [2.05, 4.69) is 14.8 Å². The molecule has 0 aliphatic rings. The molecular formula is C12H19N3O3S. The number of carbonyl (C=O) groups excluding carboxylic acids is 1. The molecule has 0 fully saturated rings. The number of hydrogen-bond acceptors (Lipinski definition) is 3. The van der Waals surface area contributed by atoms with Crippen LogP contribution in [0.25, 0.3) is 0 Å². The molecule has 0 radical (unpaired) electrons. The molecule has 1 aromatic rings. The van der Waals surface area contributed by atoms with E-state index in [-0.39, 0.29) is 11.9 Å². The van der Waals surface area contributed by atoms with Crippen molar-refractivity contribution >= 4 is 16.1 Å². The summed E-state index contributed by atoms with van der Waals surface area (Å²) in [4.78, 5) is 12.1. The highest BCUT2D eigenvalue weighted by Crippen LogP contribution is 2.13. The van der Waals surface area contributed by atoms with Gasteiger partial charge in [0, 0.05) is 13.1 Å². The minimum atomic E-state index is -3.71. The van der Waals surface area contributed by atoms with E-state index in [0.29, 0.717) is 5.56 Å². The minimum absolute atomic E-state index is 0.0715. The van der Waals surface area contributed by atoms with Gasteiger partial charge in [-0.15, -0.1) is 0 Å². The van der Waals surface area contributed by atoms with Crippen LogP contribution in [0, 0.1) is 0 Å². The van der Waals surface area contributed by atoms with Gasteiger partial charge in [-0.3, -0.25) is 4.79 Å². The van der Waals surface area contributed by atoms with E-state index in [1.165, 1.54) is 7.05 Å². The number of rotatable bonds is 6. The smallest absolute Gasteiger partial charge is 0.277 e. The third-order valence-electron chi connectivity index (χ3n) is 2.37. The molecular weight excluding hydrogens is 266 g/mol. The van der Waals surface area contributed by atoms with Crippen molar-refractivity contribution in [3.63, 3.8) is 0 Å².